The standard InChI is InChI=1S/C21H23FN4/c1-15-13-21(24-23-15)19-8-7-18(26-11-9-25(2)10-12-26)14-20(19)16-3-5-17(22)6-4-16/h3-8,13-14H,9-12H2,1-2H3,(H,23,24). The van der Waals surface area contributed by atoms with Crippen molar-refractivity contribution in [3.8, 4) is 22.4 Å². The lowest BCUT2D eigenvalue weighted by molar-refractivity contribution is 0.313. The molecule has 2 heterocycles. The Bertz CT molecular complexity index is 893. The van der Waals surface area contributed by atoms with E-state index in [0.717, 1.165) is 54.3 Å². The van der Waals surface area contributed by atoms with Gasteiger partial charge in [-0.15, -0.1) is 0 Å². The summed E-state index contributed by atoms with van der Waals surface area (Å²) in [4.78, 5) is 4.75. The number of benzene rings is 2. The molecule has 1 aromatic heterocycles. The van der Waals surface area contributed by atoms with Gasteiger partial charge < -0.3 is 9.80 Å². The second kappa shape index (κ2) is 6.92. The van der Waals surface area contributed by atoms with Crippen molar-refractivity contribution in [2.24, 2.45) is 0 Å². The first kappa shape index (κ1) is 16.8. The molecule has 1 aliphatic rings. The highest BCUT2D eigenvalue weighted by molar-refractivity contribution is 5.84. The highest BCUT2D eigenvalue weighted by Crippen LogP contribution is 2.35. The molecule has 0 amide bonds. The molecule has 1 N–H and O–H groups in total. The topological polar surface area (TPSA) is 35.2 Å². The van der Waals surface area contributed by atoms with E-state index in [0.29, 0.717) is 0 Å². The Morgan fingerprint density at radius 1 is 0.923 bits per heavy atom. The van der Waals surface area contributed by atoms with E-state index in [9.17, 15) is 4.39 Å². The summed E-state index contributed by atoms with van der Waals surface area (Å²) in [6, 6.07) is 15.2. The summed E-state index contributed by atoms with van der Waals surface area (Å²) in [5.41, 5.74) is 6.26. The van der Waals surface area contributed by atoms with Gasteiger partial charge in [-0.25, -0.2) is 4.39 Å². The van der Waals surface area contributed by atoms with Gasteiger partial charge in [-0.3, -0.25) is 5.10 Å². The van der Waals surface area contributed by atoms with Crippen LogP contribution in [-0.2, 0) is 0 Å². The maximum Gasteiger partial charge on any atom is 0.123 e. The van der Waals surface area contributed by atoms with Crippen molar-refractivity contribution in [2.75, 3.05) is 38.1 Å². The lowest BCUT2D eigenvalue weighted by atomic mass is 9.96. The Labute approximate surface area is 153 Å². The lowest BCUT2D eigenvalue weighted by Gasteiger charge is -2.34. The molecule has 1 saturated heterocycles. The number of anilines is 1. The number of H-pyrrole nitrogens is 1. The predicted molar refractivity (Wildman–Crippen MR) is 104 cm³/mol. The fraction of sp³-hybridized carbons (Fsp3) is 0.286. The highest BCUT2D eigenvalue weighted by atomic mass is 19.1. The van der Waals surface area contributed by atoms with Gasteiger partial charge in [0.1, 0.15) is 5.82 Å². The molecule has 1 aliphatic heterocycles. The Morgan fingerprint density at radius 2 is 1.65 bits per heavy atom. The van der Waals surface area contributed by atoms with E-state index in [1.54, 1.807) is 0 Å². The van der Waals surface area contributed by atoms with E-state index in [-0.39, 0.29) is 5.82 Å². The van der Waals surface area contributed by atoms with Crippen molar-refractivity contribution in [1.82, 2.24) is 15.1 Å². The molecule has 4 rings (SSSR count). The second-order valence-corrected chi connectivity index (χ2v) is 6.96. The van der Waals surface area contributed by atoms with Crippen molar-refractivity contribution in [1.29, 1.82) is 0 Å². The fourth-order valence-electron chi connectivity index (χ4n) is 3.44. The summed E-state index contributed by atoms with van der Waals surface area (Å²) < 4.78 is 13.4. The summed E-state index contributed by atoms with van der Waals surface area (Å²) in [5.74, 6) is -0.221. The number of hydrogen-bond donors (Lipinski definition) is 1. The average molecular weight is 350 g/mol. The number of piperazine rings is 1. The van der Waals surface area contributed by atoms with Crippen LogP contribution in [0.2, 0.25) is 0 Å². The summed E-state index contributed by atoms with van der Waals surface area (Å²) in [5, 5.41) is 7.43. The molecule has 4 nitrogen and oxygen atoms in total. The van der Waals surface area contributed by atoms with Gasteiger partial charge in [0.05, 0.1) is 5.69 Å². The quantitative estimate of drug-likeness (QED) is 0.777. The zero-order valence-electron chi connectivity index (χ0n) is 15.2. The van der Waals surface area contributed by atoms with Crippen LogP contribution in [0.1, 0.15) is 5.69 Å². The predicted octanol–water partition coefficient (Wildman–Crippen LogP) is 3.94. The number of rotatable bonds is 3. The number of aromatic amines is 1. The maximum atomic E-state index is 13.4. The van der Waals surface area contributed by atoms with Crippen molar-refractivity contribution in [2.45, 2.75) is 6.92 Å². The minimum Gasteiger partial charge on any atom is -0.369 e. The van der Waals surface area contributed by atoms with Gasteiger partial charge in [-0.05, 0) is 55.4 Å². The Morgan fingerprint density at radius 3 is 2.31 bits per heavy atom. The van der Waals surface area contributed by atoms with Crippen LogP contribution in [0.25, 0.3) is 22.4 Å². The molecule has 26 heavy (non-hydrogen) atoms. The van der Waals surface area contributed by atoms with Crippen molar-refractivity contribution >= 4 is 5.69 Å². The number of hydrogen-bond acceptors (Lipinski definition) is 3. The van der Waals surface area contributed by atoms with E-state index < -0.39 is 0 Å². The minimum absolute atomic E-state index is 0.221. The van der Waals surface area contributed by atoms with Gasteiger partial charge in [-0.2, -0.15) is 5.10 Å². The summed E-state index contributed by atoms with van der Waals surface area (Å²) >= 11 is 0. The van der Waals surface area contributed by atoms with Crippen LogP contribution in [0.4, 0.5) is 10.1 Å². The third-order valence-electron chi connectivity index (χ3n) is 5.01. The molecule has 3 aromatic rings. The van der Waals surface area contributed by atoms with Crippen LogP contribution >= 0.6 is 0 Å². The largest absolute Gasteiger partial charge is 0.369 e. The summed E-state index contributed by atoms with van der Waals surface area (Å²) in [7, 11) is 2.16. The maximum absolute atomic E-state index is 13.4. The van der Waals surface area contributed by atoms with Crippen LogP contribution in [0.5, 0.6) is 0 Å². The molecule has 134 valence electrons. The average Bonchev–Trinajstić information content (AvgIpc) is 3.09. The molecule has 1 fully saturated rings. The summed E-state index contributed by atoms with van der Waals surface area (Å²) in [6.45, 7) is 6.14. The van der Waals surface area contributed by atoms with Crippen LogP contribution in [0.3, 0.4) is 0 Å². The van der Waals surface area contributed by atoms with E-state index in [2.05, 4.69) is 45.2 Å². The zero-order valence-corrected chi connectivity index (χ0v) is 15.2. The Kier molecular flexibility index (Phi) is 4.47. The van der Waals surface area contributed by atoms with E-state index >= 15 is 0 Å². The van der Waals surface area contributed by atoms with Gasteiger partial charge in [0.2, 0.25) is 0 Å². The lowest BCUT2D eigenvalue weighted by Crippen LogP contribution is -2.44. The number of nitrogens with one attached hydrogen (secondary N) is 1. The third kappa shape index (κ3) is 3.35. The third-order valence-corrected chi connectivity index (χ3v) is 5.01. The molecule has 5 heteroatoms. The zero-order chi connectivity index (χ0) is 18.1. The van der Waals surface area contributed by atoms with E-state index in [1.165, 1.54) is 17.8 Å². The molecule has 0 unspecified atom stereocenters. The normalized spacial score (nSPS) is 15.4. The second-order valence-electron chi connectivity index (χ2n) is 6.96. The van der Waals surface area contributed by atoms with Crippen molar-refractivity contribution < 1.29 is 4.39 Å². The Hall–Kier alpha value is -2.66. The molecule has 2 aromatic carbocycles. The van der Waals surface area contributed by atoms with Crippen molar-refractivity contribution in [3.63, 3.8) is 0 Å². The van der Waals surface area contributed by atoms with Crippen LogP contribution < -0.4 is 4.90 Å². The van der Waals surface area contributed by atoms with Gasteiger partial charge in [0.25, 0.3) is 0 Å². The van der Waals surface area contributed by atoms with Crippen LogP contribution in [-0.4, -0.2) is 48.3 Å². The molecule has 0 radical (unpaired) electrons. The minimum atomic E-state index is -0.221. The van der Waals surface area contributed by atoms with Crippen LogP contribution in [0, 0.1) is 12.7 Å². The summed E-state index contributed by atoms with van der Waals surface area (Å²) in [6.07, 6.45) is 0. The molecule has 0 atom stereocenters. The smallest absolute Gasteiger partial charge is 0.123 e. The molecule has 0 aliphatic carbocycles. The number of likely N-dealkylation sites (N-methyl/N-ethyl adjacent to an activating group) is 1. The van der Waals surface area contributed by atoms with E-state index in [4.69, 9.17) is 0 Å². The molecular formula is C21H23FN4. The highest BCUT2D eigenvalue weighted by Gasteiger charge is 2.17. The Balaban J connectivity index is 1.78. The number of nitrogens with zero attached hydrogens (tertiary/aromatic N) is 3. The van der Waals surface area contributed by atoms with Gasteiger partial charge in [0.15, 0.2) is 0 Å². The number of halogens is 1. The molecule has 0 saturated carbocycles. The molecule has 0 bridgehead atoms. The number of aromatic nitrogens is 2. The van der Waals surface area contributed by atoms with Gasteiger partial charge >= 0.3 is 0 Å². The number of aryl methyl sites for hydroxylation is 1. The SMILES string of the molecule is Cc1cc(-c2ccc(N3CCN(C)CC3)cc2-c2ccc(F)cc2)n[nH]1. The first-order valence-corrected chi connectivity index (χ1v) is 8.96. The van der Waals surface area contributed by atoms with E-state index in [1.807, 2.05) is 25.1 Å². The van der Waals surface area contributed by atoms with Crippen molar-refractivity contribution in [3.05, 3.63) is 60.0 Å². The fourth-order valence-corrected chi connectivity index (χ4v) is 3.44. The molecular weight excluding hydrogens is 327 g/mol. The van der Waals surface area contributed by atoms with Crippen LogP contribution in [0.15, 0.2) is 48.5 Å². The molecule has 0 spiro atoms. The van der Waals surface area contributed by atoms with Gasteiger partial charge in [0, 0.05) is 43.1 Å². The first-order valence-electron chi connectivity index (χ1n) is 8.96. The monoisotopic (exact) mass is 350 g/mol. The van der Waals surface area contributed by atoms with Gasteiger partial charge in [-0.1, -0.05) is 18.2 Å². The first-order chi connectivity index (χ1) is 12.6.